The summed E-state index contributed by atoms with van der Waals surface area (Å²) in [5.74, 6) is -0.761. The summed E-state index contributed by atoms with van der Waals surface area (Å²) in [4.78, 5) is 11.0. The van der Waals surface area contributed by atoms with Crippen LogP contribution in [0.1, 0.15) is 12.8 Å². The molecule has 1 aromatic heterocycles. The number of carbonyl (C=O) groups excluding carboxylic acids is 1. The van der Waals surface area contributed by atoms with Gasteiger partial charge in [-0.05, 0) is 0 Å². The van der Waals surface area contributed by atoms with Gasteiger partial charge in [0.25, 0.3) is 0 Å². The number of halogens is 3. The number of nitrogens with zero attached hydrogens (tertiary/aromatic N) is 2. The first kappa shape index (κ1) is 11.7. The van der Waals surface area contributed by atoms with Crippen LogP contribution in [0.4, 0.5) is 23.4 Å². The topological polar surface area (TPSA) is 80.9 Å². The number of amides is 1. The zero-order chi connectivity index (χ0) is 11.5. The molecule has 0 aliphatic rings. The van der Waals surface area contributed by atoms with E-state index in [9.17, 15) is 18.0 Å². The summed E-state index contributed by atoms with van der Waals surface area (Å²) in [6.45, 7) is 0. The predicted molar refractivity (Wildman–Crippen MR) is 48.2 cm³/mol. The summed E-state index contributed by atoms with van der Waals surface area (Å²) in [6.07, 6.45) is -6.13. The minimum Gasteiger partial charge on any atom is -0.374 e. The Morgan fingerprint density at radius 2 is 2.13 bits per heavy atom. The van der Waals surface area contributed by atoms with Crippen molar-refractivity contribution in [3.05, 3.63) is 0 Å². The fraction of sp³-hybridized carbons (Fsp3) is 0.500. The van der Waals surface area contributed by atoms with Gasteiger partial charge in [-0.1, -0.05) is 11.3 Å². The molecule has 0 radical (unpaired) electrons. The molecule has 5 nitrogen and oxygen atoms in total. The summed E-state index contributed by atoms with van der Waals surface area (Å²) >= 11 is 0.892. The number of aromatic nitrogens is 2. The largest absolute Gasteiger partial charge is 0.389 e. The normalized spacial score (nSPS) is 11.4. The van der Waals surface area contributed by atoms with Crippen LogP contribution in [0.3, 0.4) is 0 Å². The van der Waals surface area contributed by atoms with Crippen molar-refractivity contribution in [1.82, 2.24) is 10.2 Å². The van der Waals surface area contributed by atoms with E-state index >= 15 is 0 Å². The molecule has 3 N–H and O–H groups in total. The highest BCUT2D eigenvalue weighted by Gasteiger charge is 2.28. The molecule has 84 valence electrons. The van der Waals surface area contributed by atoms with E-state index in [-0.39, 0.29) is 10.3 Å². The molecule has 0 spiro atoms. The van der Waals surface area contributed by atoms with Crippen LogP contribution in [0.15, 0.2) is 0 Å². The first-order chi connectivity index (χ1) is 6.87. The summed E-state index contributed by atoms with van der Waals surface area (Å²) in [5.41, 5.74) is 5.21. The third-order valence-corrected chi connectivity index (χ3v) is 1.99. The number of carbonyl (C=O) groups is 1. The Kier molecular flexibility index (Phi) is 3.45. The smallest absolute Gasteiger partial charge is 0.374 e. The summed E-state index contributed by atoms with van der Waals surface area (Å²) in [7, 11) is 0. The van der Waals surface area contributed by atoms with Gasteiger partial charge in [0.05, 0.1) is 6.42 Å². The van der Waals surface area contributed by atoms with Crippen LogP contribution in [0, 0.1) is 0 Å². The molecule has 0 aliphatic heterocycles. The monoisotopic (exact) mass is 240 g/mol. The third kappa shape index (κ3) is 4.58. The van der Waals surface area contributed by atoms with Gasteiger partial charge in [0.15, 0.2) is 0 Å². The Balaban J connectivity index is 2.37. The van der Waals surface area contributed by atoms with Crippen molar-refractivity contribution in [2.24, 2.45) is 0 Å². The van der Waals surface area contributed by atoms with Crippen LogP contribution in [0.25, 0.3) is 0 Å². The molecule has 0 unspecified atom stereocenters. The second-order valence-electron chi connectivity index (χ2n) is 2.61. The van der Waals surface area contributed by atoms with Gasteiger partial charge in [0.2, 0.25) is 16.2 Å². The summed E-state index contributed by atoms with van der Waals surface area (Å²) in [5, 5.41) is 9.22. The highest BCUT2D eigenvalue weighted by molar-refractivity contribution is 7.18. The molecule has 1 rings (SSSR count). The molecular formula is C6H7F3N4OS. The maximum atomic E-state index is 11.7. The summed E-state index contributed by atoms with van der Waals surface area (Å²) in [6, 6.07) is 0. The van der Waals surface area contributed by atoms with Crippen LogP contribution < -0.4 is 11.1 Å². The lowest BCUT2D eigenvalue weighted by molar-refractivity contribution is -0.142. The number of nitrogens with one attached hydrogen (secondary N) is 1. The minimum atomic E-state index is -4.34. The number of nitrogens with two attached hydrogens (primary N) is 1. The van der Waals surface area contributed by atoms with Crippen molar-refractivity contribution in [2.75, 3.05) is 11.1 Å². The highest BCUT2D eigenvalue weighted by Crippen LogP contribution is 2.22. The zero-order valence-corrected chi connectivity index (χ0v) is 8.15. The lowest BCUT2D eigenvalue weighted by Crippen LogP contribution is -2.16. The number of rotatable bonds is 3. The van der Waals surface area contributed by atoms with Gasteiger partial charge in [-0.25, -0.2) is 0 Å². The minimum absolute atomic E-state index is 0.0969. The van der Waals surface area contributed by atoms with Gasteiger partial charge in [-0.2, -0.15) is 13.2 Å². The molecule has 0 aliphatic carbocycles. The van der Waals surface area contributed by atoms with Gasteiger partial charge in [0, 0.05) is 6.42 Å². The number of anilines is 2. The maximum Gasteiger partial charge on any atom is 0.389 e. The van der Waals surface area contributed by atoms with E-state index in [1.807, 2.05) is 0 Å². The number of hydrogen-bond acceptors (Lipinski definition) is 5. The fourth-order valence-corrected chi connectivity index (χ4v) is 1.25. The van der Waals surface area contributed by atoms with Crippen molar-refractivity contribution >= 4 is 27.5 Å². The maximum absolute atomic E-state index is 11.7. The van der Waals surface area contributed by atoms with E-state index in [0.29, 0.717) is 0 Å². The van der Waals surface area contributed by atoms with Crippen LogP contribution in [-0.4, -0.2) is 22.3 Å². The molecular weight excluding hydrogens is 233 g/mol. The molecule has 15 heavy (non-hydrogen) atoms. The van der Waals surface area contributed by atoms with Crippen LogP contribution in [0.5, 0.6) is 0 Å². The predicted octanol–water partition coefficient (Wildman–Crippen LogP) is 1.40. The average Bonchev–Trinajstić information content (AvgIpc) is 2.47. The average molecular weight is 240 g/mol. The van der Waals surface area contributed by atoms with Crippen molar-refractivity contribution in [2.45, 2.75) is 19.0 Å². The first-order valence-corrected chi connectivity index (χ1v) is 4.64. The Morgan fingerprint density at radius 3 is 2.60 bits per heavy atom. The highest BCUT2D eigenvalue weighted by atomic mass is 32.1. The van der Waals surface area contributed by atoms with E-state index in [1.54, 1.807) is 0 Å². The van der Waals surface area contributed by atoms with E-state index in [4.69, 9.17) is 5.73 Å². The quantitative estimate of drug-likeness (QED) is 0.836. The van der Waals surface area contributed by atoms with Crippen molar-refractivity contribution in [3.63, 3.8) is 0 Å². The van der Waals surface area contributed by atoms with E-state index in [1.165, 1.54) is 0 Å². The zero-order valence-electron chi connectivity index (χ0n) is 7.34. The second-order valence-corrected chi connectivity index (χ2v) is 3.62. The molecule has 1 aromatic rings. The lowest BCUT2D eigenvalue weighted by atomic mass is 10.3. The Hall–Kier alpha value is -1.38. The molecule has 1 amide bonds. The van der Waals surface area contributed by atoms with Crippen molar-refractivity contribution in [1.29, 1.82) is 0 Å². The molecule has 0 atom stereocenters. The van der Waals surface area contributed by atoms with Gasteiger partial charge in [0.1, 0.15) is 0 Å². The molecule has 0 fully saturated rings. The van der Waals surface area contributed by atoms with E-state index < -0.39 is 24.9 Å². The Labute approximate surface area is 86.5 Å². The Bertz CT molecular complexity index is 350. The van der Waals surface area contributed by atoms with Crippen LogP contribution in [-0.2, 0) is 4.79 Å². The molecule has 0 aromatic carbocycles. The SMILES string of the molecule is Nc1nnc(NC(=O)CCC(F)(F)F)s1. The van der Waals surface area contributed by atoms with E-state index in [2.05, 4.69) is 15.5 Å². The van der Waals surface area contributed by atoms with Gasteiger partial charge < -0.3 is 11.1 Å². The molecule has 0 saturated heterocycles. The number of hydrogen-bond donors (Lipinski definition) is 2. The van der Waals surface area contributed by atoms with Crippen LogP contribution in [0.2, 0.25) is 0 Å². The third-order valence-electron chi connectivity index (χ3n) is 1.32. The molecule has 9 heteroatoms. The fourth-order valence-electron chi connectivity index (χ4n) is 0.722. The molecule has 1 heterocycles. The van der Waals surface area contributed by atoms with Gasteiger partial charge in [-0.15, -0.1) is 10.2 Å². The molecule has 0 saturated carbocycles. The second kappa shape index (κ2) is 4.43. The summed E-state index contributed by atoms with van der Waals surface area (Å²) < 4.78 is 35.2. The van der Waals surface area contributed by atoms with Gasteiger partial charge in [-0.3, -0.25) is 4.79 Å². The number of nitrogen functional groups attached to an aromatic ring is 1. The molecule has 0 bridgehead atoms. The van der Waals surface area contributed by atoms with E-state index in [0.717, 1.165) is 11.3 Å². The Morgan fingerprint density at radius 1 is 1.47 bits per heavy atom. The van der Waals surface area contributed by atoms with Crippen molar-refractivity contribution in [3.8, 4) is 0 Å². The first-order valence-electron chi connectivity index (χ1n) is 3.82. The standard InChI is InChI=1S/C6H7F3N4OS/c7-6(8,9)2-1-3(14)11-5-13-12-4(10)15-5/h1-2H2,(H2,10,12)(H,11,13,14). The lowest BCUT2D eigenvalue weighted by Gasteiger charge is -2.04. The van der Waals surface area contributed by atoms with Gasteiger partial charge >= 0.3 is 6.18 Å². The number of alkyl halides is 3. The van der Waals surface area contributed by atoms with Crippen LogP contribution >= 0.6 is 11.3 Å². The van der Waals surface area contributed by atoms with Crippen molar-refractivity contribution < 1.29 is 18.0 Å².